The molecule has 7 nitrogen and oxygen atoms in total. The molecule has 3 N–H and O–H groups in total. The highest BCUT2D eigenvalue weighted by molar-refractivity contribution is 7.17. The van der Waals surface area contributed by atoms with Crippen LogP contribution in [0.5, 0.6) is 0 Å². The lowest BCUT2D eigenvalue weighted by Gasteiger charge is -2.23. The van der Waals surface area contributed by atoms with E-state index < -0.39 is 11.9 Å². The van der Waals surface area contributed by atoms with Crippen LogP contribution >= 0.6 is 11.3 Å². The molecule has 1 aromatic heterocycles. The Bertz CT molecular complexity index is 875. The first kappa shape index (κ1) is 19.1. The summed E-state index contributed by atoms with van der Waals surface area (Å²) in [5.74, 6) is -1.78. The SMILES string of the molecule is O=C(NC1CN2CC[C@H]1C2)c1ccc2sccc2c1.O=C(O)/C=C/C(=O)O. The number of fused-ring (bicyclic) bond motifs is 3. The van der Waals surface area contributed by atoms with Crippen LogP contribution in [0.1, 0.15) is 16.8 Å². The van der Waals surface area contributed by atoms with Crippen molar-refractivity contribution >= 4 is 39.3 Å². The van der Waals surface area contributed by atoms with E-state index in [1.165, 1.54) is 17.7 Å². The summed E-state index contributed by atoms with van der Waals surface area (Å²) in [7, 11) is 0. The van der Waals surface area contributed by atoms with E-state index in [1.807, 2.05) is 18.2 Å². The van der Waals surface area contributed by atoms with Crippen molar-refractivity contribution in [3.05, 3.63) is 47.4 Å². The van der Waals surface area contributed by atoms with Crippen molar-refractivity contribution in [3.8, 4) is 0 Å². The third-order valence-corrected chi connectivity index (χ3v) is 5.63. The van der Waals surface area contributed by atoms with E-state index in [1.54, 1.807) is 11.3 Å². The average Bonchev–Trinajstić information content (AvgIpc) is 3.36. The number of amides is 1. The number of hydrogen-bond acceptors (Lipinski definition) is 5. The van der Waals surface area contributed by atoms with Crippen LogP contribution in [0.2, 0.25) is 0 Å². The summed E-state index contributed by atoms with van der Waals surface area (Å²) in [4.78, 5) is 33.9. The van der Waals surface area contributed by atoms with Crippen LogP contribution in [0.3, 0.4) is 0 Å². The quantitative estimate of drug-likeness (QED) is 0.692. The normalized spacial score (nSPS) is 23.2. The Labute approximate surface area is 159 Å². The minimum absolute atomic E-state index is 0.0758. The number of piperidine rings is 1. The van der Waals surface area contributed by atoms with Crippen LogP contribution in [-0.2, 0) is 9.59 Å². The van der Waals surface area contributed by atoms with Gasteiger partial charge in [-0.1, -0.05) is 0 Å². The molecule has 2 unspecified atom stereocenters. The smallest absolute Gasteiger partial charge is 0.328 e. The zero-order valence-corrected chi connectivity index (χ0v) is 15.3. The highest BCUT2D eigenvalue weighted by Gasteiger charge is 2.38. The molecule has 8 heteroatoms. The van der Waals surface area contributed by atoms with Crippen molar-refractivity contribution in [2.45, 2.75) is 12.5 Å². The van der Waals surface area contributed by atoms with Gasteiger partial charge in [0, 0.05) is 41.5 Å². The first-order chi connectivity index (χ1) is 12.9. The first-order valence-electron chi connectivity index (χ1n) is 8.57. The molecule has 2 saturated heterocycles. The number of aliphatic carboxylic acids is 2. The summed E-state index contributed by atoms with van der Waals surface area (Å²) in [6.07, 6.45) is 2.35. The maximum atomic E-state index is 12.3. The fraction of sp³-hybridized carbons (Fsp3) is 0.316. The third kappa shape index (κ3) is 4.93. The highest BCUT2D eigenvalue weighted by atomic mass is 32.1. The highest BCUT2D eigenvalue weighted by Crippen LogP contribution is 2.28. The van der Waals surface area contributed by atoms with Crippen molar-refractivity contribution < 1.29 is 24.6 Å². The van der Waals surface area contributed by atoms with Crippen LogP contribution in [0.25, 0.3) is 10.1 Å². The topological polar surface area (TPSA) is 107 Å². The van der Waals surface area contributed by atoms with Gasteiger partial charge in [-0.05, 0) is 53.9 Å². The molecule has 2 fully saturated rings. The van der Waals surface area contributed by atoms with E-state index in [0.717, 1.165) is 24.0 Å². The molecule has 2 bridgehead atoms. The summed E-state index contributed by atoms with van der Waals surface area (Å²) < 4.78 is 1.24. The van der Waals surface area contributed by atoms with Gasteiger partial charge in [-0.25, -0.2) is 9.59 Å². The Hall–Kier alpha value is -2.71. The van der Waals surface area contributed by atoms with E-state index in [-0.39, 0.29) is 5.91 Å². The molecule has 0 radical (unpaired) electrons. The fourth-order valence-corrected chi connectivity index (χ4v) is 4.22. The molecule has 2 aliphatic heterocycles. The maximum absolute atomic E-state index is 12.3. The molecule has 1 aromatic carbocycles. The Morgan fingerprint density at radius 3 is 2.44 bits per heavy atom. The lowest BCUT2D eigenvalue weighted by molar-refractivity contribution is -0.134. The predicted octanol–water partition coefficient (Wildman–Crippen LogP) is 2.05. The summed E-state index contributed by atoms with van der Waals surface area (Å²) in [5, 5.41) is 22.1. The van der Waals surface area contributed by atoms with Crippen LogP contribution in [0.15, 0.2) is 41.8 Å². The van der Waals surface area contributed by atoms with Gasteiger partial charge in [0.1, 0.15) is 0 Å². The molecular formula is C19H20N2O5S. The molecule has 2 aromatic rings. The Balaban J connectivity index is 0.000000226. The van der Waals surface area contributed by atoms with Gasteiger partial charge in [0.05, 0.1) is 0 Å². The Morgan fingerprint density at radius 2 is 1.85 bits per heavy atom. The second-order valence-electron chi connectivity index (χ2n) is 6.57. The lowest BCUT2D eigenvalue weighted by Crippen LogP contribution is -2.43. The molecular weight excluding hydrogens is 368 g/mol. The largest absolute Gasteiger partial charge is 0.478 e. The first-order valence-corrected chi connectivity index (χ1v) is 9.45. The molecule has 0 saturated carbocycles. The summed E-state index contributed by atoms with van der Waals surface area (Å²) in [6, 6.07) is 8.38. The van der Waals surface area contributed by atoms with Crippen molar-refractivity contribution in [2.75, 3.05) is 19.6 Å². The molecule has 2 aliphatic rings. The fourth-order valence-electron chi connectivity index (χ4n) is 3.45. The monoisotopic (exact) mass is 388 g/mol. The standard InChI is InChI=1S/C15H16N2OS.C4H4O4/c18-15(16-13-9-17-5-3-12(13)8-17)11-1-2-14-10(7-11)4-6-19-14;5-3(6)1-2-4(7)8/h1-2,4,6-7,12-13H,3,5,8-9H2,(H,16,18);1-2H,(H,5,6)(H,7,8)/b;2-1+/t12-,13?;/m0./s1. The number of carboxylic acids is 2. The number of carbonyl (C=O) groups excluding carboxylic acids is 1. The molecule has 1 amide bonds. The number of carbonyl (C=O) groups is 3. The molecule has 4 rings (SSSR count). The van der Waals surface area contributed by atoms with Gasteiger partial charge in [-0.15, -0.1) is 11.3 Å². The Kier molecular flexibility index (Phi) is 5.88. The van der Waals surface area contributed by atoms with Crippen LogP contribution < -0.4 is 5.32 Å². The van der Waals surface area contributed by atoms with Crippen LogP contribution in [0, 0.1) is 5.92 Å². The van der Waals surface area contributed by atoms with Gasteiger partial charge in [0.15, 0.2) is 0 Å². The van der Waals surface area contributed by atoms with Gasteiger partial charge < -0.3 is 20.4 Å². The zero-order valence-electron chi connectivity index (χ0n) is 14.5. The summed E-state index contributed by atoms with van der Waals surface area (Å²) in [5.41, 5.74) is 0.781. The van der Waals surface area contributed by atoms with Gasteiger partial charge in [-0.2, -0.15) is 0 Å². The van der Waals surface area contributed by atoms with Gasteiger partial charge in [0.2, 0.25) is 0 Å². The predicted molar refractivity (Wildman–Crippen MR) is 102 cm³/mol. The third-order valence-electron chi connectivity index (χ3n) is 4.73. The second-order valence-corrected chi connectivity index (χ2v) is 7.52. The minimum Gasteiger partial charge on any atom is -0.478 e. The number of nitrogens with zero attached hydrogens (tertiary/aromatic N) is 1. The summed E-state index contributed by atoms with van der Waals surface area (Å²) >= 11 is 1.71. The zero-order chi connectivity index (χ0) is 19.4. The lowest BCUT2D eigenvalue weighted by atomic mass is 9.99. The maximum Gasteiger partial charge on any atom is 0.328 e. The van der Waals surface area contributed by atoms with E-state index in [2.05, 4.69) is 21.7 Å². The molecule has 0 spiro atoms. The van der Waals surface area contributed by atoms with Crippen molar-refractivity contribution in [3.63, 3.8) is 0 Å². The van der Waals surface area contributed by atoms with E-state index >= 15 is 0 Å². The van der Waals surface area contributed by atoms with E-state index in [4.69, 9.17) is 10.2 Å². The minimum atomic E-state index is -1.26. The summed E-state index contributed by atoms with van der Waals surface area (Å²) in [6.45, 7) is 3.39. The van der Waals surface area contributed by atoms with E-state index in [9.17, 15) is 14.4 Å². The molecule has 27 heavy (non-hydrogen) atoms. The second kappa shape index (κ2) is 8.32. The van der Waals surface area contributed by atoms with Gasteiger partial charge >= 0.3 is 11.9 Å². The molecule has 142 valence electrons. The number of rotatable bonds is 4. The number of hydrogen-bond donors (Lipinski definition) is 3. The number of thiophene rings is 1. The average molecular weight is 388 g/mol. The molecule has 3 atom stereocenters. The van der Waals surface area contributed by atoms with Crippen LogP contribution in [-0.4, -0.2) is 58.6 Å². The van der Waals surface area contributed by atoms with Gasteiger partial charge in [-0.3, -0.25) is 4.79 Å². The Morgan fingerprint density at radius 1 is 1.11 bits per heavy atom. The number of carboxylic acid groups (broad SMARTS) is 2. The van der Waals surface area contributed by atoms with Gasteiger partial charge in [0.25, 0.3) is 5.91 Å². The molecule has 3 heterocycles. The number of benzene rings is 1. The van der Waals surface area contributed by atoms with Crippen molar-refractivity contribution in [2.24, 2.45) is 5.92 Å². The van der Waals surface area contributed by atoms with Crippen LogP contribution in [0.4, 0.5) is 0 Å². The number of nitrogens with one attached hydrogen (secondary N) is 1. The van der Waals surface area contributed by atoms with Crippen molar-refractivity contribution in [1.29, 1.82) is 0 Å². The van der Waals surface area contributed by atoms with Crippen molar-refractivity contribution in [1.82, 2.24) is 10.2 Å². The van der Waals surface area contributed by atoms with E-state index in [0.29, 0.717) is 24.1 Å². The molecule has 0 aliphatic carbocycles.